The maximum Gasteiger partial charge on any atom is 0.418 e. The Hall–Kier alpha value is -3.27. The second kappa shape index (κ2) is 8.83. The van der Waals surface area contributed by atoms with E-state index in [1.165, 1.54) is 18.7 Å². The van der Waals surface area contributed by atoms with E-state index >= 15 is 0 Å². The molecule has 0 radical (unpaired) electrons. The lowest BCUT2D eigenvalue weighted by Gasteiger charge is -2.38. The number of nitrogens with one attached hydrogen (secondary N) is 2. The van der Waals surface area contributed by atoms with Crippen LogP contribution >= 0.6 is 0 Å². The molecule has 6 nitrogen and oxygen atoms in total. The van der Waals surface area contributed by atoms with E-state index in [2.05, 4.69) is 10.3 Å². The zero-order valence-electron chi connectivity index (χ0n) is 19.2. The van der Waals surface area contributed by atoms with Gasteiger partial charge in [-0.25, -0.2) is 4.39 Å². The molecule has 0 aliphatic heterocycles. The summed E-state index contributed by atoms with van der Waals surface area (Å²) in [5, 5.41) is 24.0. The predicted octanol–water partition coefficient (Wildman–Crippen LogP) is 4.79. The highest BCUT2D eigenvalue weighted by Gasteiger charge is 2.56. The van der Waals surface area contributed by atoms with Crippen molar-refractivity contribution >= 4 is 22.6 Å². The second-order valence-corrected chi connectivity index (χ2v) is 9.29. The molecule has 0 saturated carbocycles. The number of phenols is 1. The number of aliphatic hydroxyl groups is 1. The Morgan fingerprint density at radius 2 is 1.76 bits per heavy atom. The number of halogens is 4. The zero-order valence-corrected chi connectivity index (χ0v) is 19.2. The summed E-state index contributed by atoms with van der Waals surface area (Å²) in [5.41, 5.74) is -3.71. The van der Waals surface area contributed by atoms with Crippen molar-refractivity contribution in [2.75, 3.05) is 26.0 Å². The van der Waals surface area contributed by atoms with Crippen LogP contribution in [0.15, 0.2) is 42.5 Å². The van der Waals surface area contributed by atoms with Gasteiger partial charge in [-0.3, -0.25) is 4.79 Å². The first kappa shape index (κ1) is 25.4. The number of H-pyrrole nitrogens is 1. The number of aromatic nitrogens is 1. The molecular formula is C24H27F4N3O3. The highest BCUT2D eigenvalue weighted by atomic mass is 19.4. The molecule has 0 spiro atoms. The van der Waals surface area contributed by atoms with Crippen LogP contribution < -0.4 is 5.32 Å². The van der Waals surface area contributed by atoms with Gasteiger partial charge in [0, 0.05) is 36.1 Å². The number of carbonyl (C=O) groups excluding carboxylic acids is 1. The third-order valence-electron chi connectivity index (χ3n) is 5.80. The van der Waals surface area contributed by atoms with E-state index in [4.69, 9.17) is 0 Å². The lowest BCUT2D eigenvalue weighted by molar-refractivity contribution is -0.260. The van der Waals surface area contributed by atoms with Crippen LogP contribution in [0.1, 0.15) is 36.2 Å². The van der Waals surface area contributed by atoms with Gasteiger partial charge in [0.25, 0.3) is 5.91 Å². The molecule has 1 heterocycles. The van der Waals surface area contributed by atoms with Crippen molar-refractivity contribution in [1.82, 2.24) is 9.88 Å². The Labute approximate surface area is 194 Å². The minimum atomic E-state index is -5.02. The van der Waals surface area contributed by atoms with Crippen LogP contribution in [0.3, 0.4) is 0 Å². The van der Waals surface area contributed by atoms with E-state index in [1.807, 2.05) is 0 Å². The molecule has 1 unspecified atom stereocenters. The maximum absolute atomic E-state index is 14.0. The van der Waals surface area contributed by atoms with Crippen LogP contribution in [0, 0.1) is 5.82 Å². The van der Waals surface area contributed by atoms with Gasteiger partial charge in [0.05, 0.1) is 6.54 Å². The summed E-state index contributed by atoms with van der Waals surface area (Å²) in [6.45, 7) is 1.89. The van der Waals surface area contributed by atoms with Gasteiger partial charge in [-0.1, -0.05) is 19.9 Å². The number of nitrogens with zero attached hydrogens (tertiary/aromatic N) is 1. The number of benzene rings is 2. The Kier molecular flexibility index (Phi) is 6.58. The topological polar surface area (TPSA) is 88.6 Å². The normalized spacial score (nSPS) is 14.1. The van der Waals surface area contributed by atoms with Gasteiger partial charge in [0.2, 0.25) is 0 Å². The molecular weight excluding hydrogens is 454 g/mol. The highest BCUT2D eigenvalue weighted by molar-refractivity contribution is 5.98. The Morgan fingerprint density at radius 3 is 2.38 bits per heavy atom. The molecule has 10 heteroatoms. The summed E-state index contributed by atoms with van der Waals surface area (Å²) in [5.74, 6) is -1.07. The second-order valence-electron chi connectivity index (χ2n) is 9.29. The molecule has 184 valence electrons. The fraction of sp³-hybridized carbons (Fsp3) is 0.375. The summed E-state index contributed by atoms with van der Waals surface area (Å²) in [4.78, 5) is 16.5. The number of rotatable bonds is 7. The van der Waals surface area contributed by atoms with Crippen LogP contribution in [-0.2, 0) is 5.41 Å². The minimum absolute atomic E-state index is 0.0427. The molecule has 0 saturated heterocycles. The number of aromatic hydroxyl groups is 1. The summed E-state index contributed by atoms with van der Waals surface area (Å²) in [7, 11) is 3.22. The van der Waals surface area contributed by atoms with Gasteiger partial charge in [-0.2, -0.15) is 13.2 Å². The van der Waals surface area contributed by atoms with Gasteiger partial charge >= 0.3 is 6.18 Å². The van der Waals surface area contributed by atoms with Gasteiger partial charge in [0.1, 0.15) is 17.4 Å². The summed E-state index contributed by atoms with van der Waals surface area (Å²) in [6, 6.07) is 9.47. The molecule has 0 bridgehead atoms. The van der Waals surface area contributed by atoms with E-state index in [0.29, 0.717) is 16.5 Å². The van der Waals surface area contributed by atoms with Crippen molar-refractivity contribution < 1.29 is 32.6 Å². The Morgan fingerprint density at radius 1 is 1.09 bits per heavy atom. The SMILES string of the molecule is CN(C)C(=O)c1ccc2cc(NCC(O)(CC(C)(C)c3cc(F)ccc3O)C(F)(F)F)[nH]c2c1. The Bertz CT molecular complexity index is 1200. The molecule has 0 aliphatic rings. The standard InChI is InChI=1S/C24H27F4N3O3/c1-22(2,17-11-16(25)7-8-19(17)32)12-23(34,24(26,27)28)13-29-20-10-14-5-6-15(9-18(14)30-20)21(33)31(3)4/h5-11,29-30,32,34H,12-13H2,1-4H3. The van der Waals surface area contributed by atoms with Gasteiger partial charge in [-0.05, 0) is 48.2 Å². The van der Waals surface area contributed by atoms with E-state index in [9.17, 15) is 32.6 Å². The molecule has 1 amide bonds. The van der Waals surface area contributed by atoms with Gasteiger partial charge in [0.15, 0.2) is 5.60 Å². The fourth-order valence-corrected chi connectivity index (χ4v) is 3.99. The molecule has 1 atom stereocenters. The number of phenolic OH excluding ortho intramolecular Hbond substituents is 1. The van der Waals surface area contributed by atoms with Crippen molar-refractivity contribution in [3.63, 3.8) is 0 Å². The van der Waals surface area contributed by atoms with E-state index in [1.54, 1.807) is 38.4 Å². The van der Waals surface area contributed by atoms with E-state index in [-0.39, 0.29) is 23.0 Å². The molecule has 3 rings (SSSR count). The lowest BCUT2D eigenvalue weighted by Crippen LogP contribution is -2.53. The molecule has 4 N–H and O–H groups in total. The average molecular weight is 481 g/mol. The molecule has 34 heavy (non-hydrogen) atoms. The lowest BCUT2D eigenvalue weighted by atomic mass is 9.74. The van der Waals surface area contributed by atoms with E-state index in [0.717, 1.165) is 18.2 Å². The van der Waals surface area contributed by atoms with Gasteiger partial charge in [-0.15, -0.1) is 0 Å². The summed E-state index contributed by atoms with van der Waals surface area (Å²) in [6.07, 6.45) is -5.85. The highest BCUT2D eigenvalue weighted by Crippen LogP contribution is 2.43. The molecule has 1 aromatic heterocycles. The Balaban J connectivity index is 1.86. The third kappa shape index (κ3) is 5.11. The average Bonchev–Trinajstić information content (AvgIpc) is 3.14. The number of alkyl halides is 3. The number of hydrogen-bond donors (Lipinski definition) is 4. The zero-order chi connectivity index (χ0) is 25.5. The van der Waals surface area contributed by atoms with Gasteiger partial charge < -0.3 is 25.4 Å². The number of amides is 1. The maximum atomic E-state index is 14.0. The smallest absolute Gasteiger partial charge is 0.418 e. The summed E-state index contributed by atoms with van der Waals surface area (Å²) >= 11 is 0. The fourth-order valence-electron chi connectivity index (χ4n) is 3.99. The molecule has 0 fully saturated rings. The van der Waals surface area contributed by atoms with Crippen molar-refractivity contribution in [1.29, 1.82) is 0 Å². The van der Waals surface area contributed by atoms with Crippen molar-refractivity contribution in [2.45, 2.75) is 37.5 Å². The predicted molar refractivity (Wildman–Crippen MR) is 122 cm³/mol. The summed E-state index contributed by atoms with van der Waals surface area (Å²) < 4.78 is 55.6. The van der Waals surface area contributed by atoms with Crippen molar-refractivity contribution in [2.24, 2.45) is 0 Å². The largest absolute Gasteiger partial charge is 0.508 e. The number of aromatic amines is 1. The van der Waals surface area contributed by atoms with Crippen molar-refractivity contribution in [3.05, 3.63) is 59.4 Å². The first-order chi connectivity index (χ1) is 15.6. The third-order valence-corrected chi connectivity index (χ3v) is 5.80. The number of fused-ring (bicyclic) bond motifs is 1. The monoisotopic (exact) mass is 481 g/mol. The first-order valence-corrected chi connectivity index (χ1v) is 10.5. The molecule has 3 aromatic rings. The van der Waals surface area contributed by atoms with E-state index < -0.39 is 36.0 Å². The van der Waals surface area contributed by atoms with Crippen LogP contribution in [0.25, 0.3) is 10.9 Å². The van der Waals surface area contributed by atoms with Crippen molar-refractivity contribution in [3.8, 4) is 5.75 Å². The van der Waals surface area contributed by atoms with Crippen LogP contribution in [0.2, 0.25) is 0 Å². The van der Waals surface area contributed by atoms with Crippen LogP contribution in [-0.4, -0.2) is 58.4 Å². The quantitative estimate of drug-likeness (QED) is 0.366. The molecule has 2 aromatic carbocycles. The molecule has 0 aliphatic carbocycles. The minimum Gasteiger partial charge on any atom is -0.508 e. The number of carbonyl (C=O) groups is 1. The number of hydrogen-bond acceptors (Lipinski definition) is 4. The number of anilines is 1. The van der Waals surface area contributed by atoms with Crippen LogP contribution in [0.4, 0.5) is 23.4 Å². The first-order valence-electron chi connectivity index (χ1n) is 10.5. The van der Waals surface area contributed by atoms with Crippen LogP contribution in [0.5, 0.6) is 5.75 Å².